The van der Waals surface area contributed by atoms with Crippen LogP contribution in [-0.2, 0) is 0 Å². The lowest BCUT2D eigenvalue weighted by Crippen LogP contribution is -2.10. The number of nitrogens with two attached hydrogens (primary N) is 1. The Bertz CT molecular complexity index is 453. The maximum Gasteiger partial charge on any atom is 0.248 e. The van der Waals surface area contributed by atoms with Gasteiger partial charge < -0.3 is 5.73 Å². The molecular formula is C9H7N3OS. The molecule has 5 heteroatoms. The maximum absolute atomic E-state index is 10.9. The van der Waals surface area contributed by atoms with Crippen molar-refractivity contribution in [1.82, 2.24) is 9.97 Å². The Morgan fingerprint density at radius 1 is 1.36 bits per heavy atom. The van der Waals surface area contributed by atoms with Gasteiger partial charge in [-0.05, 0) is 12.1 Å². The van der Waals surface area contributed by atoms with E-state index >= 15 is 0 Å². The molecule has 2 N–H and O–H groups in total. The summed E-state index contributed by atoms with van der Waals surface area (Å²) in [5.74, 6) is -0.454. The zero-order chi connectivity index (χ0) is 9.97. The van der Waals surface area contributed by atoms with Crippen molar-refractivity contribution >= 4 is 17.2 Å². The molecule has 14 heavy (non-hydrogen) atoms. The van der Waals surface area contributed by atoms with Crippen molar-refractivity contribution in [2.75, 3.05) is 0 Å². The third kappa shape index (κ3) is 1.62. The maximum atomic E-state index is 10.9. The van der Waals surface area contributed by atoms with Gasteiger partial charge in [-0.15, -0.1) is 11.3 Å². The number of hydrogen-bond donors (Lipinski definition) is 1. The first-order valence-electron chi connectivity index (χ1n) is 3.93. The predicted octanol–water partition coefficient (Wildman–Crippen LogP) is 1.30. The zero-order valence-electron chi connectivity index (χ0n) is 7.18. The molecule has 2 aromatic heterocycles. The van der Waals surface area contributed by atoms with Crippen molar-refractivity contribution in [1.29, 1.82) is 0 Å². The number of aromatic nitrogens is 2. The number of hydrogen-bond acceptors (Lipinski definition) is 4. The van der Waals surface area contributed by atoms with E-state index in [-0.39, 0.29) is 0 Å². The monoisotopic (exact) mass is 205 g/mol. The highest BCUT2D eigenvalue weighted by atomic mass is 32.1. The van der Waals surface area contributed by atoms with E-state index in [9.17, 15) is 4.79 Å². The molecule has 2 aromatic rings. The Kier molecular flexibility index (Phi) is 2.24. The summed E-state index contributed by atoms with van der Waals surface area (Å²) in [7, 11) is 0. The van der Waals surface area contributed by atoms with E-state index in [0.29, 0.717) is 11.3 Å². The Labute approximate surface area is 84.4 Å². The summed E-state index contributed by atoms with van der Waals surface area (Å²) >= 11 is 1.47. The molecule has 70 valence electrons. The number of amides is 1. The van der Waals surface area contributed by atoms with Crippen LogP contribution in [0.3, 0.4) is 0 Å². The minimum atomic E-state index is -0.454. The van der Waals surface area contributed by atoms with E-state index in [1.165, 1.54) is 11.3 Å². The van der Waals surface area contributed by atoms with Gasteiger partial charge in [0.2, 0.25) is 5.91 Å². The first-order valence-corrected chi connectivity index (χ1v) is 4.81. The summed E-state index contributed by atoms with van der Waals surface area (Å²) in [6, 6.07) is 3.22. The van der Waals surface area contributed by atoms with E-state index < -0.39 is 5.91 Å². The molecule has 0 aliphatic heterocycles. The smallest absolute Gasteiger partial charge is 0.248 e. The van der Waals surface area contributed by atoms with Gasteiger partial charge in [-0.1, -0.05) is 0 Å². The fourth-order valence-electron chi connectivity index (χ4n) is 1.05. The van der Waals surface area contributed by atoms with Gasteiger partial charge >= 0.3 is 0 Å². The third-order valence-corrected chi connectivity index (χ3v) is 2.49. The average Bonchev–Trinajstić information content (AvgIpc) is 2.71. The molecule has 2 rings (SSSR count). The standard InChI is InChI=1S/C9H7N3OS/c10-8(13)6-1-2-11-7(5-6)9-12-3-4-14-9/h1-5H,(H2,10,13). The first-order chi connectivity index (χ1) is 6.77. The molecule has 0 fully saturated rings. The first kappa shape index (κ1) is 8.83. The van der Waals surface area contributed by atoms with E-state index in [2.05, 4.69) is 9.97 Å². The summed E-state index contributed by atoms with van der Waals surface area (Å²) in [5.41, 5.74) is 6.28. The number of carbonyl (C=O) groups excluding carboxylic acids is 1. The van der Waals surface area contributed by atoms with Crippen LogP contribution in [0.5, 0.6) is 0 Å². The molecule has 1 amide bonds. The summed E-state index contributed by atoms with van der Waals surface area (Å²) in [6.07, 6.45) is 3.25. The van der Waals surface area contributed by atoms with E-state index in [0.717, 1.165) is 5.01 Å². The number of pyridine rings is 1. The molecule has 0 bridgehead atoms. The number of rotatable bonds is 2. The Hall–Kier alpha value is -1.75. The molecule has 0 saturated heterocycles. The lowest BCUT2D eigenvalue weighted by Gasteiger charge is -1.97. The van der Waals surface area contributed by atoms with Crippen molar-refractivity contribution in [2.24, 2.45) is 5.73 Å². The van der Waals surface area contributed by atoms with Gasteiger partial charge in [0.1, 0.15) is 5.01 Å². The second-order valence-corrected chi connectivity index (χ2v) is 3.53. The highest BCUT2D eigenvalue weighted by Crippen LogP contribution is 2.19. The summed E-state index contributed by atoms with van der Waals surface area (Å²) < 4.78 is 0. The van der Waals surface area contributed by atoms with Crippen LogP contribution in [0.15, 0.2) is 29.9 Å². The van der Waals surface area contributed by atoms with Gasteiger partial charge in [-0.3, -0.25) is 9.78 Å². The molecule has 0 radical (unpaired) electrons. The van der Waals surface area contributed by atoms with Crippen molar-refractivity contribution < 1.29 is 4.79 Å². The molecule has 0 saturated carbocycles. The van der Waals surface area contributed by atoms with Crippen LogP contribution >= 0.6 is 11.3 Å². The van der Waals surface area contributed by atoms with Gasteiger partial charge in [0, 0.05) is 23.3 Å². The summed E-state index contributed by atoms with van der Waals surface area (Å²) in [6.45, 7) is 0. The highest BCUT2D eigenvalue weighted by Gasteiger charge is 2.05. The lowest BCUT2D eigenvalue weighted by atomic mass is 10.2. The lowest BCUT2D eigenvalue weighted by molar-refractivity contribution is 0.1000. The molecule has 4 nitrogen and oxygen atoms in total. The van der Waals surface area contributed by atoms with Crippen LogP contribution in [0.4, 0.5) is 0 Å². The van der Waals surface area contributed by atoms with Crippen LogP contribution in [0, 0.1) is 0 Å². The Balaban J connectivity index is 2.46. The number of nitrogens with zero attached hydrogens (tertiary/aromatic N) is 2. The van der Waals surface area contributed by atoms with Crippen LogP contribution in [0.1, 0.15) is 10.4 Å². The minimum Gasteiger partial charge on any atom is -0.366 e. The molecule has 0 unspecified atom stereocenters. The van der Waals surface area contributed by atoms with Crippen molar-refractivity contribution in [3.63, 3.8) is 0 Å². The van der Waals surface area contributed by atoms with Gasteiger partial charge in [0.15, 0.2) is 0 Å². The van der Waals surface area contributed by atoms with E-state index in [1.807, 2.05) is 5.38 Å². The molecule has 0 aromatic carbocycles. The molecule has 0 aliphatic carbocycles. The normalized spacial score (nSPS) is 10.0. The fourth-order valence-corrected chi connectivity index (χ4v) is 1.66. The number of primary amides is 1. The second kappa shape index (κ2) is 3.55. The molecule has 0 atom stereocenters. The molecule has 0 spiro atoms. The number of thiazole rings is 1. The largest absolute Gasteiger partial charge is 0.366 e. The van der Waals surface area contributed by atoms with Crippen LogP contribution < -0.4 is 5.73 Å². The predicted molar refractivity (Wildman–Crippen MR) is 53.9 cm³/mol. The molecule has 0 aliphatic rings. The van der Waals surface area contributed by atoms with Crippen LogP contribution in [0.25, 0.3) is 10.7 Å². The quantitative estimate of drug-likeness (QED) is 0.803. The molecular weight excluding hydrogens is 198 g/mol. The van der Waals surface area contributed by atoms with Crippen molar-refractivity contribution in [2.45, 2.75) is 0 Å². The van der Waals surface area contributed by atoms with Gasteiger partial charge in [0.25, 0.3) is 0 Å². The van der Waals surface area contributed by atoms with Crippen molar-refractivity contribution in [3.8, 4) is 10.7 Å². The summed E-state index contributed by atoms with van der Waals surface area (Å²) in [5, 5.41) is 2.64. The number of carbonyl (C=O) groups is 1. The van der Waals surface area contributed by atoms with Crippen molar-refractivity contribution in [3.05, 3.63) is 35.5 Å². The average molecular weight is 205 g/mol. The van der Waals surface area contributed by atoms with Gasteiger partial charge in [-0.25, -0.2) is 4.98 Å². The topological polar surface area (TPSA) is 68.9 Å². The van der Waals surface area contributed by atoms with Gasteiger partial charge in [-0.2, -0.15) is 0 Å². The van der Waals surface area contributed by atoms with Crippen LogP contribution in [-0.4, -0.2) is 15.9 Å². The summed E-state index contributed by atoms with van der Waals surface area (Å²) in [4.78, 5) is 19.1. The molecule has 2 heterocycles. The third-order valence-electron chi connectivity index (χ3n) is 1.70. The van der Waals surface area contributed by atoms with Crippen LogP contribution in [0.2, 0.25) is 0 Å². The highest BCUT2D eigenvalue weighted by molar-refractivity contribution is 7.13. The zero-order valence-corrected chi connectivity index (χ0v) is 7.99. The van der Waals surface area contributed by atoms with E-state index in [1.54, 1.807) is 24.5 Å². The van der Waals surface area contributed by atoms with Gasteiger partial charge in [0.05, 0.1) is 5.69 Å². The van der Waals surface area contributed by atoms with E-state index in [4.69, 9.17) is 5.73 Å². The minimum absolute atomic E-state index is 0.449. The Morgan fingerprint density at radius 2 is 2.21 bits per heavy atom. The second-order valence-electron chi connectivity index (χ2n) is 2.63. The Morgan fingerprint density at radius 3 is 2.86 bits per heavy atom. The fraction of sp³-hybridized carbons (Fsp3) is 0. The SMILES string of the molecule is NC(=O)c1ccnc(-c2nccs2)c1.